The van der Waals surface area contributed by atoms with Crippen molar-refractivity contribution in [2.24, 2.45) is 0 Å². The summed E-state index contributed by atoms with van der Waals surface area (Å²) in [7, 11) is -1.78. The molecule has 140 heavy (non-hydrogen) atoms. The average Bonchev–Trinajstić information content (AvgIpc) is 0.756. The first kappa shape index (κ1) is 118. The molecule has 0 aliphatic heterocycles. The third kappa shape index (κ3) is 35.3. The van der Waals surface area contributed by atoms with Crippen LogP contribution in [0.4, 0.5) is 0 Å². The molecular weight excluding hydrogens is 2200 g/mol. The summed E-state index contributed by atoms with van der Waals surface area (Å²) in [5.41, 5.74) is 18.4. The SMILES string of the molecule is Brc1cc(Br)cc(Br)c1.CC(C)c1[c-]c(C(C)C)cc(C(C)C)c1.CC(C)c1cc(C(C)C)c(-c2cc(Br)cc(-c3c(C(C)C)cc(C(C)C)cc3C(C)C)c2)c(C(C)C)c1.[Br-].[Mg+2].[Pd].c1ccc(P(c2ccccc2)c2ccccc2)cc1.c1ccc(P(c2ccccc2)c2ccccc2)cc1.c1ccc(P(c2ccccc2)c2ccccc2)cc1.c1ccc(P(c2ccccc2)c2ccccc2)cc1. The van der Waals surface area contributed by atoms with E-state index in [4.69, 9.17) is 0 Å². The van der Waals surface area contributed by atoms with Gasteiger partial charge >= 0.3 is 23.1 Å². The van der Waals surface area contributed by atoms with E-state index in [2.05, 4.69) is 613 Å². The standard InChI is InChI=1S/C36H49Br.4C18H15P.C15H23.C6H3Br3.BrH.Mg.Pd/c1-20(2)26-16-31(22(5)6)35(32(17-26)23(7)8)28-13-29(15-30(37)14-28)36-33(24(9)10)18-27(21(3)4)19-34(36)25(11)12;4*1-4-10-16(11-5-1)19(17-12-6-2-7-13-17)18-14-8-3-9-15-18;1-10(2)13-7-14(11(3)4)9-15(8-13)12(5)6;7-4-1-5(8)3-6(9)2-4;;;/h13-25H,1-12H3;4*1-15H;7-8,10-12H,1-6H3;1-3H;1H;;/q;;;;;-1;;;+2;/p-1. The van der Waals surface area contributed by atoms with Crippen LogP contribution in [0.3, 0.4) is 0 Å². The van der Waals surface area contributed by atoms with Crippen LogP contribution < -0.4 is 80.6 Å². The van der Waals surface area contributed by atoms with Gasteiger partial charge in [-0.2, -0.15) is 34.9 Å². The van der Waals surface area contributed by atoms with Crippen LogP contribution in [0, 0.1) is 6.07 Å². The van der Waals surface area contributed by atoms with Gasteiger partial charge in [-0.05, 0) is 241 Å². The Hall–Kier alpha value is -7.71. The Balaban J connectivity index is 0.000000206. The molecule has 0 spiro atoms. The van der Waals surface area contributed by atoms with Crippen LogP contribution in [0.1, 0.15) is 228 Å². The summed E-state index contributed by atoms with van der Waals surface area (Å²) < 4.78 is 4.37. The van der Waals surface area contributed by atoms with Crippen LogP contribution in [0.25, 0.3) is 22.3 Å². The monoisotopic (exact) mass is 2330 g/mol. The summed E-state index contributed by atoms with van der Waals surface area (Å²) in [6.07, 6.45) is 0. The van der Waals surface area contributed by atoms with Crippen molar-refractivity contribution >= 4 is 182 Å². The van der Waals surface area contributed by atoms with Crippen molar-refractivity contribution in [1.29, 1.82) is 0 Å². The third-order valence-corrected chi connectivity index (χ3v) is 35.2. The summed E-state index contributed by atoms with van der Waals surface area (Å²) in [6, 6.07) is 160. The van der Waals surface area contributed by atoms with Crippen LogP contribution in [0.2, 0.25) is 0 Å². The molecule has 0 aromatic heterocycles. The molecule has 718 valence electrons. The fourth-order valence-electron chi connectivity index (χ4n) is 16.3. The molecule has 0 unspecified atom stereocenters. The number of halogens is 5. The second kappa shape index (κ2) is 60.9. The molecule has 17 aromatic rings. The zero-order valence-electron chi connectivity index (χ0n) is 84.5. The zero-order valence-corrected chi connectivity index (χ0v) is 98.9. The maximum absolute atomic E-state index is 3.93. The van der Waals surface area contributed by atoms with Gasteiger partial charge in [0.15, 0.2) is 0 Å². The molecule has 17 aromatic carbocycles. The molecule has 0 saturated carbocycles. The Labute approximate surface area is 920 Å². The van der Waals surface area contributed by atoms with Gasteiger partial charge in [0.05, 0.1) is 0 Å². The molecule has 0 saturated heterocycles. The summed E-state index contributed by atoms with van der Waals surface area (Å²) in [6.45, 7) is 41.4. The Bertz CT molecular complexity index is 5290. The van der Waals surface area contributed by atoms with E-state index in [0.29, 0.717) is 53.3 Å². The van der Waals surface area contributed by atoms with Crippen LogP contribution in [0.15, 0.2) is 455 Å². The molecule has 0 fully saturated rings. The maximum atomic E-state index is 3.93. The predicted molar refractivity (Wildman–Crippen MR) is 633 cm³/mol. The minimum atomic E-state index is -0.446. The van der Waals surface area contributed by atoms with Crippen molar-refractivity contribution in [3.8, 4) is 22.3 Å². The van der Waals surface area contributed by atoms with Crippen LogP contribution in [-0.4, -0.2) is 23.1 Å². The summed E-state index contributed by atoms with van der Waals surface area (Å²) in [5.74, 6) is 4.60. The van der Waals surface area contributed by atoms with E-state index in [1.807, 2.05) is 18.2 Å². The molecule has 0 N–H and O–H groups in total. The first-order valence-electron chi connectivity index (χ1n) is 48.3. The number of benzene rings is 17. The maximum Gasteiger partial charge on any atom is 2.00 e. The number of rotatable bonds is 23. The van der Waals surface area contributed by atoms with Gasteiger partial charge in [-0.3, -0.25) is 0 Å². The van der Waals surface area contributed by atoms with Gasteiger partial charge in [-0.15, -0.1) is 0 Å². The molecule has 0 nitrogen and oxygen atoms in total. The molecular formula is C129H135Br5MgP4Pd. The van der Waals surface area contributed by atoms with Gasteiger partial charge in [-0.1, -0.05) is 577 Å². The number of hydrogen-bond acceptors (Lipinski definition) is 0. The summed E-state index contributed by atoms with van der Waals surface area (Å²) in [5, 5.41) is 16.8. The topological polar surface area (TPSA) is 0 Å². The molecule has 0 heterocycles. The van der Waals surface area contributed by atoms with Crippen molar-refractivity contribution < 1.29 is 37.4 Å². The van der Waals surface area contributed by atoms with Crippen LogP contribution in [0.5, 0.6) is 0 Å². The van der Waals surface area contributed by atoms with E-state index in [1.165, 1.54) is 136 Å². The van der Waals surface area contributed by atoms with Crippen LogP contribution in [-0.2, 0) is 20.4 Å². The van der Waals surface area contributed by atoms with Gasteiger partial charge in [0.2, 0.25) is 0 Å². The molecule has 0 atom stereocenters. The molecule has 0 amide bonds. The van der Waals surface area contributed by atoms with E-state index >= 15 is 0 Å². The molecule has 11 heteroatoms. The van der Waals surface area contributed by atoms with E-state index < -0.39 is 31.7 Å². The minimum Gasteiger partial charge on any atom is -1.00 e. The van der Waals surface area contributed by atoms with E-state index in [-0.39, 0.29) is 60.5 Å². The largest absolute Gasteiger partial charge is 2.00 e. The van der Waals surface area contributed by atoms with Gasteiger partial charge in [0.1, 0.15) is 0 Å². The van der Waals surface area contributed by atoms with Crippen molar-refractivity contribution in [2.75, 3.05) is 0 Å². The minimum absolute atomic E-state index is 0. The average molecular weight is 2340 g/mol. The summed E-state index contributed by atoms with van der Waals surface area (Å²) in [4.78, 5) is 0. The molecule has 0 aliphatic rings. The molecule has 0 radical (unpaired) electrons. The second-order valence-corrected chi connectivity index (χ2v) is 49.6. The summed E-state index contributed by atoms with van der Waals surface area (Å²) >= 11 is 14.0. The smallest absolute Gasteiger partial charge is 1.00 e. The van der Waals surface area contributed by atoms with E-state index in [1.54, 1.807) is 0 Å². The van der Waals surface area contributed by atoms with Crippen molar-refractivity contribution in [2.45, 2.75) is 178 Å². The van der Waals surface area contributed by atoms with E-state index in [0.717, 1.165) is 17.9 Å². The Kier molecular flexibility index (Phi) is 51.1. The number of hydrogen-bond donors (Lipinski definition) is 0. The fraction of sp³-hybridized carbons (Fsp3) is 0.209. The Morgan fingerprint density at radius 2 is 0.321 bits per heavy atom. The second-order valence-electron chi connectivity index (χ2n) is 37.0. The third-order valence-electron chi connectivity index (χ3n) is 23.6. The molecule has 17 rings (SSSR count). The Morgan fingerprint density at radius 1 is 0.179 bits per heavy atom. The van der Waals surface area contributed by atoms with Crippen molar-refractivity contribution in [3.05, 3.63) is 511 Å². The Morgan fingerprint density at radius 3 is 0.457 bits per heavy atom. The first-order valence-corrected chi connectivity index (χ1v) is 56.8. The van der Waals surface area contributed by atoms with E-state index in [9.17, 15) is 0 Å². The molecule has 0 aliphatic carbocycles. The normalized spacial score (nSPS) is 10.9. The van der Waals surface area contributed by atoms with Crippen LogP contribution >= 0.6 is 95.4 Å². The van der Waals surface area contributed by atoms with Gasteiger partial charge in [-0.25, -0.2) is 0 Å². The van der Waals surface area contributed by atoms with Gasteiger partial charge in [0, 0.05) is 38.3 Å². The van der Waals surface area contributed by atoms with Crippen molar-refractivity contribution in [1.82, 2.24) is 0 Å². The molecule has 0 bridgehead atoms. The van der Waals surface area contributed by atoms with Crippen molar-refractivity contribution in [3.63, 3.8) is 0 Å². The zero-order chi connectivity index (χ0) is 97.9. The predicted octanol–water partition coefficient (Wildman–Crippen LogP) is 31.8. The van der Waals surface area contributed by atoms with Gasteiger partial charge < -0.3 is 17.0 Å². The fourth-order valence-corrected chi connectivity index (χ4v) is 28.4. The van der Waals surface area contributed by atoms with Gasteiger partial charge in [0.25, 0.3) is 0 Å². The quantitative estimate of drug-likeness (QED) is 0.0340. The first-order chi connectivity index (χ1) is 66.1.